The molecule has 0 aliphatic rings. The number of hydrogen-bond donors (Lipinski definition) is 0. The summed E-state index contributed by atoms with van der Waals surface area (Å²) in [4.78, 5) is 24.6. The molecule has 0 aliphatic carbocycles. The minimum atomic E-state index is -1.48. The monoisotopic (exact) mass is 408 g/mol. The highest BCUT2D eigenvalue weighted by Crippen LogP contribution is 2.37. The van der Waals surface area contributed by atoms with Gasteiger partial charge in [0.05, 0.1) is 16.7 Å². The van der Waals surface area contributed by atoms with Crippen LogP contribution < -0.4 is 4.74 Å². The van der Waals surface area contributed by atoms with Crippen molar-refractivity contribution in [2.45, 2.75) is 52.9 Å². The molecule has 0 heterocycles. The maximum Gasteiger partial charge on any atom is 0.328 e. The quantitative estimate of drug-likeness (QED) is 0.214. The van der Waals surface area contributed by atoms with E-state index in [9.17, 15) is 9.59 Å². The zero-order valence-corrected chi connectivity index (χ0v) is 16.9. The van der Waals surface area contributed by atoms with Gasteiger partial charge in [-0.05, 0) is 32.4 Å². The molecule has 1 rings (SSSR count). The number of benzene rings is 1. The molecule has 25 heavy (non-hydrogen) atoms. The Morgan fingerprint density at radius 3 is 2.08 bits per heavy atom. The van der Waals surface area contributed by atoms with Crippen LogP contribution in [0.25, 0.3) is 0 Å². The molecule has 0 amide bonds. The lowest BCUT2D eigenvalue weighted by molar-refractivity contribution is -0.164. The summed E-state index contributed by atoms with van der Waals surface area (Å²) in [6, 6.07) is 2.80. The summed E-state index contributed by atoms with van der Waals surface area (Å²) >= 11 is 17.8. The van der Waals surface area contributed by atoms with Gasteiger partial charge in [-0.3, -0.25) is 9.59 Å². The first-order valence-corrected chi connectivity index (χ1v) is 9.37. The van der Waals surface area contributed by atoms with Gasteiger partial charge in [0, 0.05) is 5.02 Å². The molecule has 0 aromatic heterocycles. The summed E-state index contributed by atoms with van der Waals surface area (Å²) in [5.41, 5.74) is -1.48. The Morgan fingerprint density at radius 1 is 0.960 bits per heavy atom. The summed E-state index contributed by atoms with van der Waals surface area (Å²) in [6.07, 6.45) is 5.17. The predicted octanol–water partition coefficient (Wildman–Crippen LogP) is 6.09. The number of carbonyl (C=O) groups is 2. The first-order chi connectivity index (χ1) is 11.7. The molecular weight excluding hydrogens is 387 g/mol. The van der Waals surface area contributed by atoms with Gasteiger partial charge >= 0.3 is 11.9 Å². The van der Waals surface area contributed by atoms with Crippen molar-refractivity contribution in [3.63, 3.8) is 0 Å². The van der Waals surface area contributed by atoms with Crippen molar-refractivity contribution in [1.29, 1.82) is 0 Å². The van der Waals surface area contributed by atoms with E-state index in [0.717, 1.165) is 32.1 Å². The van der Waals surface area contributed by atoms with Crippen LogP contribution in [0, 0.1) is 5.41 Å². The second-order valence-corrected chi connectivity index (χ2v) is 7.51. The smallest absolute Gasteiger partial charge is 0.328 e. The fourth-order valence-electron chi connectivity index (χ4n) is 1.98. The molecule has 0 radical (unpaired) electrons. The van der Waals surface area contributed by atoms with E-state index in [2.05, 4.69) is 6.92 Å². The topological polar surface area (TPSA) is 52.6 Å². The number of halogens is 3. The highest BCUT2D eigenvalue weighted by atomic mass is 35.5. The van der Waals surface area contributed by atoms with Crippen molar-refractivity contribution in [2.24, 2.45) is 5.41 Å². The fraction of sp³-hybridized carbons (Fsp3) is 0.556. The molecule has 7 heteroatoms. The van der Waals surface area contributed by atoms with Crippen molar-refractivity contribution < 1.29 is 19.1 Å². The first kappa shape index (κ1) is 22.1. The molecule has 0 spiro atoms. The molecule has 140 valence electrons. The van der Waals surface area contributed by atoms with Gasteiger partial charge in [0.2, 0.25) is 0 Å². The van der Waals surface area contributed by atoms with Gasteiger partial charge in [0.15, 0.2) is 11.2 Å². The van der Waals surface area contributed by atoms with E-state index in [0.29, 0.717) is 5.02 Å². The molecule has 0 saturated heterocycles. The zero-order valence-electron chi connectivity index (χ0n) is 14.7. The number of ether oxygens (including phenoxy) is 2. The molecule has 1 aromatic carbocycles. The highest BCUT2D eigenvalue weighted by molar-refractivity contribution is 6.40. The number of carbonyl (C=O) groups excluding carboxylic acids is 2. The second kappa shape index (κ2) is 10.2. The number of rotatable bonds is 9. The molecule has 0 aliphatic heterocycles. The summed E-state index contributed by atoms with van der Waals surface area (Å²) in [6.45, 7) is 5.29. The Morgan fingerprint density at radius 2 is 1.52 bits per heavy atom. The Kier molecular flexibility index (Phi) is 9.04. The SMILES string of the molecule is CCCCCCCOC(=O)C(C)(C)C(=O)Oc1c(Cl)cc(Cl)cc1Cl. The van der Waals surface area contributed by atoms with Gasteiger partial charge < -0.3 is 9.47 Å². The Balaban J connectivity index is 2.62. The minimum Gasteiger partial charge on any atom is -0.465 e. The van der Waals surface area contributed by atoms with E-state index in [4.69, 9.17) is 44.3 Å². The lowest BCUT2D eigenvalue weighted by atomic mass is 9.94. The molecule has 0 saturated carbocycles. The van der Waals surface area contributed by atoms with Gasteiger partial charge in [-0.2, -0.15) is 0 Å². The molecule has 0 N–H and O–H groups in total. The Bertz CT molecular complexity index is 591. The van der Waals surface area contributed by atoms with Gasteiger partial charge in [-0.25, -0.2) is 0 Å². The van der Waals surface area contributed by atoms with E-state index in [-0.39, 0.29) is 22.4 Å². The third-order valence-electron chi connectivity index (χ3n) is 3.66. The molecule has 1 aromatic rings. The van der Waals surface area contributed by atoms with Gasteiger partial charge in [-0.15, -0.1) is 0 Å². The maximum atomic E-state index is 12.4. The number of hydrogen-bond acceptors (Lipinski definition) is 4. The molecule has 0 bridgehead atoms. The van der Waals surface area contributed by atoms with E-state index < -0.39 is 17.4 Å². The predicted molar refractivity (Wildman–Crippen MR) is 101 cm³/mol. The molecular formula is C18H23Cl3O4. The molecule has 0 unspecified atom stereocenters. The van der Waals surface area contributed by atoms with E-state index in [1.165, 1.54) is 26.0 Å². The fourth-order valence-corrected chi connectivity index (χ4v) is 2.88. The van der Waals surface area contributed by atoms with Crippen LogP contribution in [-0.4, -0.2) is 18.5 Å². The van der Waals surface area contributed by atoms with Crippen LogP contribution in [0.4, 0.5) is 0 Å². The van der Waals surface area contributed by atoms with Crippen molar-refractivity contribution in [2.75, 3.05) is 6.61 Å². The Hall–Kier alpha value is -0.970. The third kappa shape index (κ3) is 6.69. The van der Waals surface area contributed by atoms with Crippen molar-refractivity contribution in [1.82, 2.24) is 0 Å². The van der Waals surface area contributed by atoms with Gasteiger partial charge in [0.1, 0.15) is 0 Å². The average molecular weight is 410 g/mol. The molecule has 4 nitrogen and oxygen atoms in total. The normalized spacial score (nSPS) is 11.3. The van der Waals surface area contributed by atoms with Crippen molar-refractivity contribution in [3.8, 4) is 5.75 Å². The standard InChI is InChI=1S/C18H23Cl3O4/c1-4-5-6-7-8-9-24-16(22)18(2,3)17(23)25-15-13(20)10-12(19)11-14(15)21/h10-11H,4-9H2,1-3H3. The highest BCUT2D eigenvalue weighted by Gasteiger charge is 2.40. The van der Waals surface area contributed by atoms with Gasteiger partial charge in [0.25, 0.3) is 0 Å². The largest absolute Gasteiger partial charge is 0.465 e. The van der Waals surface area contributed by atoms with Crippen LogP contribution in [0.5, 0.6) is 5.75 Å². The average Bonchev–Trinajstić information content (AvgIpc) is 2.53. The van der Waals surface area contributed by atoms with Crippen LogP contribution >= 0.6 is 34.8 Å². The molecule has 0 fully saturated rings. The first-order valence-electron chi connectivity index (χ1n) is 8.24. The summed E-state index contributed by atoms with van der Waals surface area (Å²) in [5.74, 6) is -1.47. The van der Waals surface area contributed by atoms with E-state index in [1.54, 1.807) is 0 Å². The van der Waals surface area contributed by atoms with Crippen LogP contribution in [-0.2, 0) is 14.3 Å². The van der Waals surface area contributed by atoms with Crippen molar-refractivity contribution >= 4 is 46.7 Å². The van der Waals surface area contributed by atoms with Crippen LogP contribution in [0.3, 0.4) is 0 Å². The van der Waals surface area contributed by atoms with Crippen LogP contribution in [0.2, 0.25) is 15.1 Å². The van der Waals surface area contributed by atoms with Crippen molar-refractivity contribution in [3.05, 3.63) is 27.2 Å². The summed E-state index contributed by atoms with van der Waals surface area (Å²) < 4.78 is 10.4. The Labute approximate surface area is 163 Å². The number of unbranched alkanes of at least 4 members (excludes halogenated alkanes) is 4. The number of esters is 2. The lowest BCUT2D eigenvalue weighted by Crippen LogP contribution is -2.38. The maximum absolute atomic E-state index is 12.4. The second-order valence-electron chi connectivity index (χ2n) is 6.26. The van der Waals surface area contributed by atoms with E-state index in [1.807, 2.05) is 0 Å². The molecule has 0 atom stereocenters. The summed E-state index contributed by atoms with van der Waals surface area (Å²) in [5, 5.41) is 0.494. The van der Waals surface area contributed by atoms with Gasteiger partial charge in [-0.1, -0.05) is 67.4 Å². The van der Waals surface area contributed by atoms with Crippen LogP contribution in [0.15, 0.2) is 12.1 Å². The lowest BCUT2D eigenvalue weighted by Gasteiger charge is -2.21. The minimum absolute atomic E-state index is 0.0295. The summed E-state index contributed by atoms with van der Waals surface area (Å²) in [7, 11) is 0. The van der Waals surface area contributed by atoms with Crippen LogP contribution in [0.1, 0.15) is 52.9 Å². The third-order valence-corrected chi connectivity index (χ3v) is 4.44. The zero-order chi connectivity index (χ0) is 19.0. The van der Waals surface area contributed by atoms with E-state index >= 15 is 0 Å².